The summed E-state index contributed by atoms with van der Waals surface area (Å²) in [6, 6.07) is 13.1. The number of imide groups is 1. The van der Waals surface area contributed by atoms with Crippen LogP contribution in [0.3, 0.4) is 0 Å². The van der Waals surface area contributed by atoms with Gasteiger partial charge in [-0.15, -0.1) is 6.58 Å². The number of benzene rings is 2. The number of para-hydroxylation sites is 1. The highest BCUT2D eigenvalue weighted by Crippen LogP contribution is 2.25. The van der Waals surface area contributed by atoms with Crippen LogP contribution in [0.5, 0.6) is 0 Å². The quantitative estimate of drug-likeness (QED) is 0.415. The predicted octanol–water partition coefficient (Wildman–Crippen LogP) is 4.06. The smallest absolute Gasteiger partial charge is 0.329 e. The minimum absolute atomic E-state index is 0.0838. The molecule has 2 aromatic carbocycles. The number of aromatic nitrogens is 1. The Bertz CT molecular complexity index is 1110. The second-order valence-electron chi connectivity index (χ2n) is 6.55. The van der Waals surface area contributed by atoms with Crippen LogP contribution in [0, 0.1) is 5.82 Å². The molecule has 1 aliphatic heterocycles. The van der Waals surface area contributed by atoms with Gasteiger partial charge < -0.3 is 9.88 Å². The van der Waals surface area contributed by atoms with E-state index in [1.54, 1.807) is 24.3 Å². The molecule has 3 amide bonds. The van der Waals surface area contributed by atoms with Crippen molar-refractivity contribution in [1.82, 2.24) is 14.8 Å². The lowest BCUT2D eigenvalue weighted by Crippen LogP contribution is -2.30. The first-order valence-electron chi connectivity index (χ1n) is 8.84. The summed E-state index contributed by atoms with van der Waals surface area (Å²) in [6.45, 7) is 4.50. The van der Waals surface area contributed by atoms with Gasteiger partial charge in [-0.25, -0.2) is 9.18 Å². The van der Waals surface area contributed by atoms with E-state index in [0.29, 0.717) is 12.1 Å². The number of fused-ring (bicyclic) bond motifs is 1. The molecule has 0 radical (unpaired) electrons. The van der Waals surface area contributed by atoms with E-state index in [9.17, 15) is 14.0 Å². The minimum atomic E-state index is -0.490. The van der Waals surface area contributed by atoms with Crippen LogP contribution in [0.1, 0.15) is 11.1 Å². The molecule has 0 unspecified atom stereocenters. The van der Waals surface area contributed by atoms with Crippen molar-refractivity contribution in [2.45, 2.75) is 13.1 Å². The zero-order valence-electron chi connectivity index (χ0n) is 15.1. The Morgan fingerprint density at radius 1 is 1.07 bits per heavy atom. The first-order chi connectivity index (χ1) is 13.6. The molecule has 0 bridgehead atoms. The topological polar surface area (TPSA) is 54.3 Å². The normalized spacial score (nSPS) is 15.5. The second kappa shape index (κ2) is 7.15. The molecule has 0 spiro atoms. The molecule has 5 nitrogen and oxygen atoms in total. The molecular formula is C22H18FN3O2. The Labute approximate surface area is 161 Å². The van der Waals surface area contributed by atoms with Crippen LogP contribution < -0.4 is 5.32 Å². The molecule has 140 valence electrons. The van der Waals surface area contributed by atoms with E-state index in [2.05, 4.69) is 11.9 Å². The maximum atomic E-state index is 13.1. The molecule has 28 heavy (non-hydrogen) atoms. The van der Waals surface area contributed by atoms with E-state index in [1.165, 1.54) is 12.1 Å². The second-order valence-corrected chi connectivity index (χ2v) is 6.55. The number of allylic oxidation sites excluding steroid dienone is 1. The van der Waals surface area contributed by atoms with E-state index in [4.69, 9.17) is 0 Å². The average Bonchev–Trinajstić information content (AvgIpc) is 3.17. The van der Waals surface area contributed by atoms with Crippen molar-refractivity contribution in [1.29, 1.82) is 0 Å². The number of hydrogen-bond acceptors (Lipinski definition) is 2. The van der Waals surface area contributed by atoms with Gasteiger partial charge in [0.2, 0.25) is 0 Å². The summed E-state index contributed by atoms with van der Waals surface area (Å²) in [6.07, 6.45) is 5.42. The van der Waals surface area contributed by atoms with Gasteiger partial charge in [0.15, 0.2) is 0 Å². The molecule has 3 aromatic rings. The number of halogens is 1. The van der Waals surface area contributed by atoms with Crippen LogP contribution in [-0.4, -0.2) is 21.4 Å². The fraction of sp³-hybridized carbons (Fsp3) is 0.0909. The number of carbonyl (C=O) groups is 2. The molecule has 0 saturated carbocycles. The standard InChI is InChI=1S/C22H18FN3O2/c1-2-11-25-14-16(18-5-3-4-6-20(18)25)12-19-21(27)26(22(28)24-19)13-15-7-9-17(23)10-8-15/h2-10,12,14H,1,11,13H2,(H,24,28)/b19-12-. The number of nitrogens with zero attached hydrogens (tertiary/aromatic N) is 2. The number of carbonyl (C=O) groups excluding carboxylic acids is 2. The molecule has 6 heteroatoms. The maximum Gasteiger partial charge on any atom is 0.329 e. The zero-order valence-corrected chi connectivity index (χ0v) is 15.1. The molecule has 1 aliphatic rings. The van der Waals surface area contributed by atoms with Crippen LogP contribution >= 0.6 is 0 Å². The molecule has 4 rings (SSSR count). The van der Waals surface area contributed by atoms with Crippen molar-refractivity contribution >= 4 is 28.9 Å². The monoisotopic (exact) mass is 375 g/mol. The van der Waals surface area contributed by atoms with Gasteiger partial charge in [-0.2, -0.15) is 0 Å². The van der Waals surface area contributed by atoms with Crippen LogP contribution in [-0.2, 0) is 17.9 Å². The number of rotatable bonds is 5. The number of hydrogen-bond donors (Lipinski definition) is 1. The van der Waals surface area contributed by atoms with Crippen LogP contribution in [0.2, 0.25) is 0 Å². The summed E-state index contributed by atoms with van der Waals surface area (Å²) in [5.74, 6) is -0.771. The summed E-state index contributed by atoms with van der Waals surface area (Å²) in [5, 5.41) is 3.62. The highest BCUT2D eigenvalue weighted by atomic mass is 19.1. The maximum absolute atomic E-state index is 13.1. The van der Waals surface area contributed by atoms with Gasteiger partial charge in [0, 0.05) is 29.2 Å². The molecule has 0 aliphatic carbocycles. The fourth-order valence-electron chi connectivity index (χ4n) is 3.32. The SMILES string of the molecule is C=CCn1cc(/C=C2\NC(=O)N(Cc3ccc(F)cc3)C2=O)c2ccccc21. The third-order valence-corrected chi connectivity index (χ3v) is 4.66. The number of urea groups is 1. The van der Waals surface area contributed by atoms with Crippen LogP contribution in [0.25, 0.3) is 17.0 Å². The van der Waals surface area contributed by atoms with Crippen LogP contribution in [0.15, 0.2) is 73.1 Å². The van der Waals surface area contributed by atoms with Gasteiger partial charge in [-0.3, -0.25) is 9.69 Å². The Hall–Kier alpha value is -3.67. The third kappa shape index (κ3) is 3.20. The first kappa shape index (κ1) is 17.7. The number of amides is 3. The third-order valence-electron chi connectivity index (χ3n) is 4.66. The lowest BCUT2D eigenvalue weighted by molar-refractivity contribution is -0.123. The van der Waals surface area contributed by atoms with Crippen molar-refractivity contribution in [3.8, 4) is 0 Å². The van der Waals surface area contributed by atoms with Crippen molar-refractivity contribution in [3.63, 3.8) is 0 Å². The van der Waals surface area contributed by atoms with Gasteiger partial charge in [-0.05, 0) is 29.8 Å². The predicted molar refractivity (Wildman–Crippen MR) is 106 cm³/mol. The molecule has 1 fully saturated rings. The van der Waals surface area contributed by atoms with Crippen molar-refractivity contribution in [3.05, 3.63) is 90.0 Å². The Morgan fingerprint density at radius 3 is 2.57 bits per heavy atom. The summed E-state index contributed by atoms with van der Waals surface area (Å²) in [4.78, 5) is 26.1. The zero-order chi connectivity index (χ0) is 19.7. The largest absolute Gasteiger partial charge is 0.343 e. The minimum Gasteiger partial charge on any atom is -0.343 e. The summed E-state index contributed by atoms with van der Waals surface area (Å²) < 4.78 is 15.1. The van der Waals surface area contributed by atoms with Gasteiger partial charge in [0.05, 0.1) is 6.54 Å². The molecule has 1 aromatic heterocycles. The van der Waals surface area contributed by atoms with Gasteiger partial charge in [0.1, 0.15) is 11.5 Å². The highest BCUT2D eigenvalue weighted by Gasteiger charge is 2.33. The fourth-order valence-corrected chi connectivity index (χ4v) is 3.32. The molecule has 2 heterocycles. The lowest BCUT2D eigenvalue weighted by Gasteiger charge is -2.11. The van der Waals surface area contributed by atoms with Crippen molar-refractivity contribution in [2.24, 2.45) is 0 Å². The lowest BCUT2D eigenvalue weighted by atomic mass is 10.1. The molecule has 0 atom stereocenters. The van der Waals surface area contributed by atoms with E-state index >= 15 is 0 Å². The first-order valence-corrected chi connectivity index (χ1v) is 8.84. The van der Waals surface area contributed by atoms with Gasteiger partial charge in [0.25, 0.3) is 5.91 Å². The van der Waals surface area contributed by atoms with E-state index in [-0.39, 0.29) is 18.1 Å². The number of nitrogens with one attached hydrogen (secondary N) is 1. The average molecular weight is 375 g/mol. The Balaban J connectivity index is 1.65. The summed E-state index contributed by atoms with van der Waals surface area (Å²) in [7, 11) is 0. The summed E-state index contributed by atoms with van der Waals surface area (Å²) >= 11 is 0. The van der Waals surface area contributed by atoms with E-state index in [1.807, 2.05) is 35.0 Å². The summed E-state index contributed by atoms with van der Waals surface area (Å²) in [5.41, 5.74) is 2.75. The Morgan fingerprint density at radius 2 is 1.82 bits per heavy atom. The van der Waals surface area contributed by atoms with E-state index < -0.39 is 11.9 Å². The Kier molecular flexibility index (Phi) is 4.53. The van der Waals surface area contributed by atoms with Gasteiger partial charge >= 0.3 is 6.03 Å². The molecule has 1 saturated heterocycles. The van der Waals surface area contributed by atoms with Gasteiger partial charge in [-0.1, -0.05) is 36.4 Å². The van der Waals surface area contributed by atoms with Crippen molar-refractivity contribution in [2.75, 3.05) is 0 Å². The van der Waals surface area contributed by atoms with E-state index in [0.717, 1.165) is 21.4 Å². The molecular weight excluding hydrogens is 357 g/mol. The molecule has 1 N–H and O–H groups in total. The highest BCUT2D eigenvalue weighted by molar-refractivity contribution is 6.14. The van der Waals surface area contributed by atoms with Crippen molar-refractivity contribution < 1.29 is 14.0 Å². The van der Waals surface area contributed by atoms with Crippen LogP contribution in [0.4, 0.5) is 9.18 Å².